The van der Waals surface area contributed by atoms with Crippen molar-refractivity contribution in [3.05, 3.63) is 163 Å². The molecule has 0 amide bonds. The molecular weight excluding hydrogens is 725 g/mol. The highest BCUT2D eigenvalue weighted by Crippen LogP contribution is 2.62. The molecule has 4 atom stereocenters. The summed E-state index contributed by atoms with van der Waals surface area (Å²) in [6, 6.07) is 44.0. The third-order valence-electron chi connectivity index (χ3n) is 12.9. The van der Waals surface area contributed by atoms with Crippen molar-refractivity contribution >= 4 is 62.6 Å². The van der Waals surface area contributed by atoms with E-state index in [0.29, 0.717) is 0 Å². The standard InChI is InChI=1S/C51H48N8/c1-31-29-38-36-17-11-14-20-41(36)59-47-46(54-39-18-12-13-19-40(39)55-47)57(34-15-9-8-10-16-34)49(59)43(38)48-56(35-24-21-32(22-25-35)50(2,3)4)44-45(53-28-27-52-44)58(48)42-26-23-33(30-37(31)42)51(5,6)7/h8-28,30,38,43,48-49H,1,29H2,2-7H3. The van der Waals surface area contributed by atoms with Crippen molar-refractivity contribution < 1.29 is 0 Å². The summed E-state index contributed by atoms with van der Waals surface area (Å²) < 4.78 is 0. The molecule has 0 spiro atoms. The Labute approximate surface area is 346 Å². The number of fused-ring (bicyclic) bond motifs is 15. The quantitative estimate of drug-likeness (QED) is 0.172. The molecule has 59 heavy (non-hydrogen) atoms. The van der Waals surface area contributed by atoms with Crippen molar-refractivity contribution in [2.75, 3.05) is 19.6 Å². The average molecular weight is 773 g/mol. The first-order valence-electron chi connectivity index (χ1n) is 20.8. The number of nitrogens with zero attached hydrogens (tertiary/aromatic N) is 8. The molecule has 7 aromatic rings. The molecule has 4 aliphatic heterocycles. The van der Waals surface area contributed by atoms with Gasteiger partial charge in [0.1, 0.15) is 12.3 Å². The van der Waals surface area contributed by atoms with Crippen LogP contribution in [0.5, 0.6) is 0 Å². The van der Waals surface area contributed by atoms with Crippen LogP contribution in [0.4, 0.5) is 46.0 Å². The zero-order chi connectivity index (χ0) is 40.4. The monoisotopic (exact) mass is 772 g/mol. The van der Waals surface area contributed by atoms with Crippen LogP contribution in [0.15, 0.2) is 140 Å². The zero-order valence-corrected chi connectivity index (χ0v) is 34.5. The molecule has 8 nitrogen and oxygen atoms in total. The fourth-order valence-electron chi connectivity index (χ4n) is 10.1. The fourth-order valence-corrected chi connectivity index (χ4v) is 10.1. The molecule has 0 saturated heterocycles. The third kappa shape index (κ3) is 5.35. The molecule has 0 N–H and O–H groups in total. The van der Waals surface area contributed by atoms with Gasteiger partial charge in [0.2, 0.25) is 0 Å². The van der Waals surface area contributed by atoms with Gasteiger partial charge in [0.05, 0.1) is 16.7 Å². The van der Waals surface area contributed by atoms with Crippen molar-refractivity contribution in [2.24, 2.45) is 5.92 Å². The number of anilines is 8. The highest BCUT2D eigenvalue weighted by Gasteiger charge is 2.59. The number of para-hydroxylation sites is 4. The normalized spacial score (nSPS) is 20.5. The first kappa shape index (κ1) is 35.6. The van der Waals surface area contributed by atoms with Gasteiger partial charge in [0, 0.05) is 46.9 Å². The predicted octanol–water partition coefficient (Wildman–Crippen LogP) is 12.1. The molecule has 0 radical (unpaired) electrons. The number of hydrogen-bond acceptors (Lipinski definition) is 8. The van der Waals surface area contributed by atoms with E-state index in [4.69, 9.17) is 26.5 Å². The maximum atomic E-state index is 5.47. The lowest BCUT2D eigenvalue weighted by Crippen LogP contribution is -2.60. The number of hydrogen-bond donors (Lipinski definition) is 0. The van der Waals surface area contributed by atoms with E-state index >= 15 is 0 Å². The zero-order valence-electron chi connectivity index (χ0n) is 34.5. The topological polar surface area (TPSA) is 64.5 Å². The summed E-state index contributed by atoms with van der Waals surface area (Å²) in [6.45, 7) is 18.6. The van der Waals surface area contributed by atoms with Crippen molar-refractivity contribution in [3.63, 3.8) is 0 Å². The summed E-state index contributed by atoms with van der Waals surface area (Å²) in [5.41, 5.74) is 12.2. The van der Waals surface area contributed by atoms with Gasteiger partial charge < -0.3 is 19.6 Å². The highest BCUT2D eigenvalue weighted by atomic mass is 15.5. The minimum absolute atomic E-state index is 0.00557. The summed E-state index contributed by atoms with van der Waals surface area (Å²) in [4.78, 5) is 31.2. The second-order valence-electron chi connectivity index (χ2n) is 18.5. The van der Waals surface area contributed by atoms with Crippen molar-refractivity contribution in [2.45, 2.75) is 77.0 Å². The van der Waals surface area contributed by atoms with E-state index in [-0.39, 0.29) is 35.0 Å². The molecule has 8 heteroatoms. The molecular formula is C51H48N8. The maximum Gasteiger partial charge on any atom is 0.179 e. The highest BCUT2D eigenvalue weighted by molar-refractivity contribution is 5.94. The van der Waals surface area contributed by atoms with Crippen LogP contribution in [-0.2, 0) is 10.8 Å². The molecule has 0 fully saturated rings. The van der Waals surface area contributed by atoms with E-state index in [1.165, 1.54) is 16.7 Å². The van der Waals surface area contributed by atoms with E-state index in [1.54, 1.807) is 0 Å². The molecule has 0 saturated carbocycles. The van der Waals surface area contributed by atoms with E-state index in [9.17, 15) is 0 Å². The van der Waals surface area contributed by atoms with Gasteiger partial charge in [-0.05, 0) is 94.1 Å². The summed E-state index contributed by atoms with van der Waals surface area (Å²) >= 11 is 0. The van der Waals surface area contributed by atoms with Crippen molar-refractivity contribution in [1.29, 1.82) is 0 Å². The Balaban J connectivity index is 1.23. The Morgan fingerprint density at radius 3 is 1.71 bits per heavy atom. The van der Waals surface area contributed by atoms with E-state index in [1.807, 2.05) is 24.5 Å². The van der Waals surface area contributed by atoms with E-state index in [0.717, 1.165) is 74.6 Å². The summed E-state index contributed by atoms with van der Waals surface area (Å²) in [5, 5.41) is 0. The van der Waals surface area contributed by atoms with Gasteiger partial charge in [-0.25, -0.2) is 19.9 Å². The van der Waals surface area contributed by atoms with Crippen LogP contribution in [0.3, 0.4) is 0 Å². The first-order chi connectivity index (χ1) is 28.5. The molecule has 4 unspecified atom stereocenters. The van der Waals surface area contributed by atoms with Gasteiger partial charge in [-0.1, -0.05) is 115 Å². The van der Waals surface area contributed by atoms with Crippen LogP contribution in [0, 0.1) is 5.92 Å². The molecule has 6 heterocycles. The van der Waals surface area contributed by atoms with Crippen LogP contribution in [-0.4, -0.2) is 32.3 Å². The SMILES string of the molecule is C=C1CC2c3ccccc3N3c4nc5ccccc5nc4N(c4ccccc4)C3C2C2N(c3ccc(C(C)(C)C)cc3)c3nccnc3N2c2ccc(C(C)(C)C)cc21. The Morgan fingerprint density at radius 1 is 0.525 bits per heavy atom. The first-order valence-corrected chi connectivity index (χ1v) is 20.8. The van der Waals surface area contributed by atoms with Gasteiger partial charge in [-0.3, -0.25) is 0 Å². The van der Waals surface area contributed by atoms with Gasteiger partial charge in [-0.15, -0.1) is 0 Å². The predicted molar refractivity (Wildman–Crippen MR) is 241 cm³/mol. The molecule has 2 aromatic heterocycles. The van der Waals surface area contributed by atoms with E-state index < -0.39 is 0 Å². The van der Waals surface area contributed by atoms with Crippen LogP contribution >= 0.6 is 0 Å². The Morgan fingerprint density at radius 2 is 1.05 bits per heavy atom. The summed E-state index contributed by atoms with van der Waals surface area (Å²) in [5.74, 6) is 3.34. The summed E-state index contributed by atoms with van der Waals surface area (Å²) in [6.07, 6.45) is 3.94. The number of rotatable bonds is 2. The Kier molecular flexibility index (Phi) is 7.68. The number of aromatic nitrogens is 4. The average Bonchev–Trinajstić information content (AvgIpc) is 3.74. The lowest BCUT2D eigenvalue weighted by molar-refractivity contribution is 0.289. The van der Waals surface area contributed by atoms with Gasteiger partial charge in [0.25, 0.3) is 0 Å². The Hall–Kier alpha value is -6.54. The number of allylic oxidation sites excluding steroid dienone is 1. The second-order valence-corrected chi connectivity index (χ2v) is 18.5. The lowest BCUT2D eigenvalue weighted by atomic mass is 9.71. The fraction of sp³-hybridized carbons (Fsp3) is 0.255. The van der Waals surface area contributed by atoms with Gasteiger partial charge in [0.15, 0.2) is 23.3 Å². The number of benzene rings is 5. The van der Waals surface area contributed by atoms with Gasteiger partial charge >= 0.3 is 0 Å². The largest absolute Gasteiger partial charge is 0.301 e. The van der Waals surface area contributed by atoms with Gasteiger partial charge in [-0.2, -0.15) is 0 Å². The second kappa shape index (κ2) is 12.7. The minimum atomic E-state index is -0.263. The summed E-state index contributed by atoms with van der Waals surface area (Å²) in [7, 11) is 0. The molecule has 5 aromatic carbocycles. The molecule has 4 aliphatic rings. The van der Waals surface area contributed by atoms with Crippen LogP contribution in [0.25, 0.3) is 16.6 Å². The lowest BCUT2D eigenvalue weighted by Gasteiger charge is -2.53. The van der Waals surface area contributed by atoms with Crippen LogP contribution in [0.1, 0.15) is 76.1 Å². The maximum absolute atomic E-state index is 5.47. The van der Waals surface area contributed by atoms with E-state index in [2.05, 4.69) is 170 Å². The molecule has 0 aliphatic carbocycles. The molecule has 11 rings (SSSR count). The Bertz CT molecular complexity index is 2800. The minimum Gasteiger partial charge on any atom is -0.301 e. The van der Waals surface area contributed by atoms with Crippen LogP contribution in [0.2, 0.25) is 0 Å². The van der Waals surface area contributed by atoms with Crippen LogP contribution < -0.4 is 19.6 Å². The smallest absolute Gasteiger partial charge is 0.179 e. The molecule has 292 valence electrons. The molecule has 0 bridgehead atoms. The third-order valence-corrected chi connectivity index (χ3v) is 12.9. The van der Waals surface area contributed by atoms with Crippen molar-refractivity contribution in [1.82, 2.24) is 19.9 Å². The van der Waals surface area contributed by atoms with Crippen molar-refractivity contribution in [3.8, 4) is 0 Å².